The number of halogens is 1. The van der Waals surface area contributed by atoms with Crippen molar-refractivity contribution in [2.24, 2.45) is 0 Å². The zero-order valence-corrected chi connectivity index (χ0v) is 14.4. The van der Waals surface area contributed by atoms with Crippen molar-refractivity contribution in [3.05, 3.63) is 28.2 Å². The molecule has 0 aliphatic carbocycles. The number of nitrogens with one attached hydrogen (secondary N) is 1. The van der Waals surface area contributed by atoms with Gasteiger partial charge in [0, 0.05) is 29.3 Å². The molecule has 20 heavy (non-hydrogen) atoms. The fourth-order valence-corrected chi connectivity index (χ4v) is 3.56. The molecular formula is C17H27BrN2. The van der Waals surface area contributed by atoms with Crippen LogP contribution in [0, 0.1) is 0 Å². The van der Waals surface area contributed by atoms with Crippen molar-refractivity contribution in [3.8, 4) is 0 Å². The average molecular weight is 339 g/mol. The molecule has 2 nitrogen and oxygen atoms in total. The zero-order chi connectivity index (χ0) is 14.4. The Morgan fingerprint density at radius 3 is 2.85 bits per heavy atom. The van der Waals surface area contributed by atoms with Crippen molar-refractivity contribution >= 4 is 21.6 Å². The van der Waals surface area contributed by atoms with E-state index in [0.717, 1.165) is 13.1 Å². The monoisotopic (exact) mass is 338 g/mol. The van der Waals surface area contributed by atoms with E-state index in [2.05, 4.69) is 58.2 Å². The largest absolute Gasteiger partial charge is 0.368 e. The lowest BCUT2D eigenvalue weighted by molar-refractivity contribution is 0.554. The minimum absolute atomic E-state index is 0.707. The van der Waals surface area contributed by atoms with E-state index in [1.807, 2.05) is 0 Å². The van der Waals surface area contributed by atoms with Crippen molar-refractivity contribution in [2.45, 2.75) is 58.5 Å². The number of rotatable bonds is 5. The van der Waals surface area contributed by atoms with Gasteiger partial charge in [-0.1, -0.05) is 42.6 Å². The van der Waals surface area contributed by atoms with Crippen molar-refractivity contribution in [2.75, 3.05) is 18.0 Å². The van der Waals surface area contributed by atoms with Crippen LogP contribution in [-0.2, 0) is 6.54 Å². The number of hydrogen-bond donors (Lipinski definition) is 1. The van der Waals surface area contributed by atoms with Crippen molar-refractivity contribution in [1.29, 1.82) is 0 Å². The highest BCUT2D eigenvalue weighted by atomic mass is 79.9. The van der Waals surface area contributed by atoms with Crippen LogP contribution in [0.2, 0.25) is 0 Å². The second kappa shape index (κ2) is 8.04. The van der Waals surface area contributed by atoms with E-state index in [4.69, 9.17) is 0 Å². The Kier molecular flexibility index (Phi) is 6.37. The van der Waals surface area contributed by atoms with E-state index in [1.165, 1.54) is 54.4 Å². The number of hydrogen-bond acceptors (Lipinski definition) is 2. The minimum Gasteiger partial charge on any atom is -0.368 e. The van der Waals surface area contributed by atoms with E-state index in [-0.39, 0.29) is 0 Å². The molecule has 1 aromatic carbocycles. The van der Waals surface area contributed by atoms with Crippen LogP contribution in [0.3, 0.4) is 0 Å². The highest BCUT2D eigenvalue weighted by molar-refractivity contribution is 9.10. The molecule has 0 amide bonds. The molecule has 1 aromatic rings. The third kappa shape index (κ3) is 3.98. The summed E-state index contributed by atoms with van der Waals surface area (Å²) in [6.07, 6.45) is 6.68. The molecule has 1 unspecified atom stereocenters. The predicted octanol–water partition coefficient (Wildman–Crippen LogP) is 4.72. The summed E-state index contributed by atoms with van der Waals surface area (Å²) < 4.78 is 1.18. The van der Waals surface area contributed by atoms with Crippen LogP contribution in [0.15, 0.2) is 22.7 Å². The Bertz CT molecular complexity index is 419. The molecule has 0 spiro atoms. The van der Waals surface area contributed by atoms with Gasteiger partial charge in [0.25, 0.3) is 0 Å². The maximum absolute atomic E-state index is 3.61. The third-order valence-electron chi connectivity index (χ3n) is 4.26. The summed E-state index contributed by atoms with van der Waals surface area (Å²) in [4.78, 5) is 2.66. The SMILES string of the molecule is CCNCc1cc(Br)ccc1N1CCCCCC1CC. The van der Waals surface area contributed by atoms with Gasteiger partial charge in [-0.3, -0.25) is 0 Å². The van der Waals surface area contributed by atoms with Crippen molar-refractivity contribution in [3.63, 3.8) is 0 Å². The molecule has 0 bridgehead atoms. The van der Waals surface area contributed by atoms with E-state index < -0.39 is 0 Å². The molecule has 1 saturated heterocycles. The second-order valence-corrected chi connectivity index (χ2v) is 6.57. The van der Waals surface area contributed by atoms with Crippen LogP contribution in [0.4, 0.5) is 5.69 Å². The van der Waals surface area contributed by atoms with Crippen molar-refractivity contribution < 1.29 is 0 Å². The van der Waals surface area contributed by atoms with Gasteiger partial charge in [-0.15, -0.1) is 0 Å². The van der Waals surface area contributed by atoms with E-state index in [1.54, 1.807) is 0 Å². The van der Waals surface area contributed by atoms with Gasteiger partial charge in [0.05, 0.1) is 0 Å². The topological polar surface area (TPSA) is 15.3 Å². The van der Waals surface area contributed by atoms with Gasteiger partial charge in [0.2, 0.25) is 0 Å². The lowest BCUT2D eigenvalue weighted by Crippen LogP contribution is -2.35. The van der Waals surface area contributed by atoms with Gasteiger partial charge in [-0.25, -0.2) is 0 Å². The molecule has 1 atom stereocenters. The Morgan fingerprint density at radius 2 is 2.10 bits per heavy atom. The van der Waals surface area contributed by atoms with E-state index in [9.17, 15) is 0 Å². The molecule has 1 aliphatic rings. The highest BCUT2D eigenvalue weighted by Crippen LogP contribution is 2.30. The Morgan fingerprint density at radius 1 is 1.25 bits per heavy atom. The first-order valence-corrected chi connectivity index (χ1v) is 8.81. The molecule has 1 N–H and O–H groups in total. The molecule has 2 rings (SSSR count). The molecule has 3 heteroatoms. The Labute approximate surface area is 132 Å². The lowest BCUT2D eigenvalue weighted by atomic mass is 10.0. The summed E-state index contributed by atoms with van der Waals surface area (Å²) in [5.41, 5.74) is 2.85. The molecule has 112 valence electrons. The quantitative estimate of drug-likeness (QED) is 0.835. The number of benzene rings is 1. The van der Waals surface area contributed by atoms with Gasteiger partial charge in [0.1, 0.15) is 0 Å². The van der Waals surface area contributed by atoms with Crippen molar-refractivity contribution in [1.82, 2.24) is 5.32 Å². The minimum atomic E-state index is 0.707. The van der Waals surface area contributed by atoms with Gasteiger partial charge < -0.3 is 10.2 Å². The maximum atomic E-state index is 3.61. The first-order valence-electron chi connectivity index (χ1n) is 8.02. The summed E-state index contributed by atoms with van der Waals surface area (Å²) >= 11 is 3.61. The normalized spacial score (nSPS) is 19.9. The number of anilines is 1. The van der Waals surface area contributed by atoms with E-state index in [0.29, 0.717) is 6.04 Å². The van der Waals surface area contributed by atoms with Crippen LogP contribution in [0.25, 0.3) is 0 Å². The second-order valence-electron chi connectivity index (χ2n) is 5.66. The Hall–Kier alpha value is -0.540. The van der Waals surface area contributed by atoms with Crippen LogP contribution in [-0.4, -0.2) is 19.1 Å². The van der Waals surface area contributed by atoms with Crippen LogP contribution < -0.4 is 10.2 Å². The van der Waals surface area contributed by atoms with Gasteiger partial charge in [-0.2, -0.15) is 0 Å². The highest BCUT2D eigenvalue weighted by Gasteiger charge is 2.21. The molecule has 1 aliphatic heterocycles. The standard InChI is InChI=1S/C17H27BrN2/c1-3-16-8-6-5-7-11-20(16)17-10-9-15(18)12-14(17)13-19-4-2/h9-10,12,16,19H,3-8,11,13H2,1-2H3. The molecule has 0 saturated carbocycles. The van der Waals surface area contributed by atoms with Crippen LogP contribution >= 0.6 is 15.9 Å². The maximum Gasteiger partial charge on any atom is 0.0415 e. The third-order valence-corrected chi connectivity index (χ3v) is 4.76. The van der Waals surface area contributed by atoms with Gasteiger partial charge in [0.15, 0.2) is 0 Å². The van der Waals surface area contributed by atoms with Gasteiger partial charge >= 0.3 is 0 Å². The molecular weight excluding hydrogens is 312 g/mol. The molecule has 0 radical (unpaired) electrons. The van der Waals surface area contributed by atoms with Gasteiger partial charge in [-0.05, 0) is 49.6 Å². The first kappa shape index (κ1) is 15.8. The first-order chi connectivity index (χ1) is 9.76. The average Bonchev–Trinajstić information content (AvgIpc) is 2.70. The summed E-state index contributed by atoms with van der Waals surface area (Å²) in [6.45, 7) is 7.67. The summed E-state index contributed by atoms with van der Waals surface area (Å²) in [7, 11) is 0. The lowest BCUT2D eigenvalue weighted by Gasteiger charge is -2.33. The van der Waals surface area contributed by atoms with Crippen LogP contribution in [0.5, 0.6) is 0 Å². The zero-order valence-electron chi connectivity index (χ0n) is 12.8. The predicted molar refractivity (Wildman–Crippen MR) is 91.4 cm³/mol. The number of nitrogens with zero attached hydrogens (tertiary/aromatic N) is 1. The summed E-state index contributed by atoms with van der Waals surface area (Å²) in [6, 6.07) is 7.46. The molecule has 0 aromatic heterocycles. The molecule has 1 heterocycles. The molecule has 1 fully saturated rings. The van der Waals surface area contributed by atoms with Crippen LogP contribution in [0.1, 0.15) is 51.5 Å². The summed E-state index contributed by atoms with van der Waals surface area (Å²) in [5, 5.41) is 3.47. The Balaban J connectivity index is 2.28. The summed E-state index contributed by atoms with van der Waals surface area (Å²) in [5.74, 6) is 0. The fourth-order valence-electron chi connectivity index (χ4n) is 3.15. The smallest absolute Gasteiger partial charge is 0.0415 e. The fraction of sp³-hybridized carbons (Fsp3) is 0.647. The van der Waals surface area contributed by atoms with E-state index >= 15 is 0 Å².